The molecule has 1 amide bonds. The lowest BCUT2D eigenvalue weighted by Gasteiger charge is -2.34. The number of nitrogens with zero attached hydrogens (tertiary/aromatic N) is 1. The standard InChI is InChI=1S/C19H23N3O2/c1-13(20)17-3-2-10-22(12-17)19(24)15-6-4-14(5-7-15)18(23)16-8-9-21-11-16/h4-9,11,13,17,21H,2-3,10,12,20H2,1H3. The number of nitrogens with two attached hydrogens (primary N) is 1. The molecule has 1 aliphatic heterocycles. The van der Waals surface area contributed by atoms with Crippen LogP contribution in [-0.4, -0.2) is 40.7 Å². The highest BCUT2D eigenvalue weighted by Gasteiger charge is 2.26. The largest absolute Gasteiger partial charge is 0.367 e. The van der Waals surface area contributed by atoms with Gasteiger partial charge in [-0.3, -0.25) is 9.59 Å². The van der Waals surface area contributed by atoms with Crippen molar-refractivity contribution in [1.29, 1.82) is 0 Å². The van der Waals surface area contributed by atoms with Gasteiger partial charge in [0, 0.05) is 48.2 Å². The number of H-pyrrole nitrogens is 1. The number of nitrogens with one attached hydrogen (secondary N) is 1. The number of hydrogen-bond donors (Lipinski definition) is 2. The second-order valence-corrected chi connectivity index (χ2v) is 6.52. The Bertz CT molecular complexity index is 705. The van der Waals surface area contributed by atoms with E-state index >= 15 is 0 Å². The molecule has 3 rings (SSSR count). The molecule has 0 aliphatic carbocycles. The number of carbonyl (C=O) groups is 2. The van der Waals surface area contributed by atoms with Crippen LogP contribution in [0.2, 0.25) is 0 Å². The van der Waals surface area contributed by atoms with Crippen molar-refractivity contribution >= 4 is 11.7 Å². The van der Waals surface area contributed by atoms with Crippen molar-refractivity contribution < 1.29 is 9.59 Å². The summed E-state index contributed by atoms with van der Waals surface area (Å²) in [5, 5.41) is 0. The van der Waals surface area contributed by atoms with E-state index < -0.39 is 0 Å². The van der Waals surface area contributed by atoms with Crippen LogP contribution in [0.3, 0.4) is 0 Å². The van der Waals surface area contributed by atoms with E-state index in [0.29, 0.717) is 29.2 Å². The van der Waals surface area contributed by atoms with Gasteiger partial charge in [0.15, 0.2) is 5.78 Å². The fourth-order valence-electron chi connectivity index (χ4n) is 3.20. The molecule has 0 spiro atoms. The van der Waals surface area contributed by atoms with Gasteiger partial charge in [-0.15, -0.1) is 0 Å². The van der Waals surface area contributed by atoms with Crippen LogP contribution in [0.25, 0.3) is 0 Å². The Morgan fingerprint density at radius 3 is 2.50 bits per heavy atom. The minimum atomic E-state index is -0.0507. The molecule has 2 atom stereocenters. The molecule has 2 heterocycles. The van der Waals surface area contributed by atoms with Gasteiger partial charge in [0.25, 0.3) is 5.91 Å². The van der Waals surface area contributed by atoms with Gasteiger partial charge in [0.05, 0.1) is 0 Å². The lowest BCUT2D eigenvalue weighted by Crippen LogP contribution is -2.45. The highest BCUT2D eigenvalue weighted by atomic mass is 16.2. The molecular weight excluding hydrogens is 302 g/mol. The van der Waals surface area contributed by atoms with Gasteiger partial charge in [-0.1, -0.05) is 12.1 Å². The zero-order chi connectivity index (χ0) is 17.1. The van der Waals surface area contributed by atoms with Gasteiger partial charge in [-0.05, 0) is 43.9 Å². The minimum Gasteiger partial charge on any atom is -0.367 e. The predicted octanol–water partition coefficient (Wildman–Crippen LogP) is 2.45. The van der Waals surface area contributed by atoms with E-state index in [9.17, 15) is 9.59 Å². The maximum atomic E-state index is 12.7. The predicted molar refractivity (Wildman–Crippen MR) is 92.9 cm³/mol. The van der Waals surface area contributed by atoms with Gasteiger partial charge in [0.1, 0.15) is 0 Å². The summed E-state index contributed by atoms with van der Waals surface area (Å²) in [6, 6.07) is 8.74. The first-order valence-electron chi connectivity index (χ1n) is 8.38. The van der Waals surface area contributed by atoms with Crippen LogP contribution in [-0.2, 0) is 0 Å². The molecule has 2 aromatic rings. The number of rotatable bonds is 4. The zero-order valence-corrected chi connectivity index (χ0v) is 13.9. The SMILES string of the molecule is CC(N)C1CCCN(C(=O)c2ccc(C(=O)c3cc[nH]c3)cc2)C1. The average molecular weight is 325 g/mol. The molecular formula is C19H23N3O2. The van der Waals surface area contributed by atoms with Crippen molar-refractivity contribution in [2.24, 2.45) is 11.7 Å². The third-order valence-corrected chi connectivity index (χ3v) is 4.74. The highest BCUT2D eigenvalue weighted by Crippen LogP contribution is 2.21. The molecule has 0 saturated carbocycles. The first kappa shape index (κ1) is 16.5. The monoisotopic (exact) mass is 325 g/mol. The molecule has 5 heteroatoms. The first-order chi connectivity index (χ1) is 11.6. The van der Waals surface area contributed by atoms with Crippen LogP contribution in [0.4, 0.5) is 0 Å². The number of piperidine rings is 1. The van der Waals surface area contributed by atoms with Crippen LogP contribution in [0.5, 0.6) is 0 Å². The van der Waals surface area contributed by atoms with Crippen LogP contribution < -0.4 is 5.73 Å². The van der Waals surface area contributed by atoms with E-state index in [4.69, 9.17) is 5.73 Å². The molecule has 3 N–H and O–H groups in total. The maximum Gasteiger partial charge on any atom is 0.253 e. The third-order valence-electron chi connectivity index (χ3n) is 4.74. The topological polar surface area (TPSA) is 79.2 Å². The number of aromatic amines is 1. The van der Waals surface area contributed by atoms with Crippen molar-refractivity contribution in [2.45, 2.75) is 25.8 Å². The summed E-state index contributed by atoms with van der Waals surface area (Å²) in [5.74, 6) is 0.323. The normalized spacial score (nSPS) is 19.1. The van der Waals surface area contributed by atoms with Crippen LogP contribution >= 0.6 is 0 Å². The molecule has 0 bridgehead atoms. The van der Waals surface area contributed by atoms with Crippen LogP contribution in [0.15, 0.2) is 42.7 Å². The molecule has 5 nitrogen and oxygen atoms in total. The fourth-order valence-corrected chi connectivity index (χ4v) is 3.20. The molecule has 24 heavy (non-hydrogen) atoms. The van der Waals surface area contributed by atoms with E-state index in [1.807, 2.05) is 11.8 Å². The smallest absolute Gasteiger partial charge is 0.253 e. The number of hydrogen-bond acceptors (Lipinski definition) is 3. The Hall–Kier alpha value is -2.40. The molecule has 1 aliphatic rings. The van der Waals surface area contributed by atoms with Crippen molar-refractivity contribution in [3.05, 3.63) is 59.4 Å². The number of ketones is 1. The molecule has 0 radical (unpaired) electrons. The second kappa shape index (κ2) is 7.01. The minimum absolute atomic E-state index is 0.0148. The Kier molecular flexibility index (Phi) is 4.81. The van der Waals surface area contributed by atoms with E-state index in [0.717, 1.165) is 19.4 Å². The molecule has 126 valence electrons. The number of carbonyl (C=O) groups excluding carboxylic acids is 2. The van der Waals surface area contributed by atoms with E-state index in [1.165, 1.54) is 0 Å². The first-order valence-corrected chi connectivity index (χ1v) is 8.38. The van der Waals surface area contributed by atoms with Crippen molar-refractivity contribution in [3.8, 4) is 0 Å². The summed E-state index contributed by atoms with van der Waals surface area (Å²) in [7, 11) is 0. The van der Waals surface area contributed by atoms with E-state index in [2.05, 4.69) is 4.98 Å². The van der Waals surface area contributed by atoms with Gasteiger partial charge in [-0.2, -0.15) is 0 Å². The van der Waals surface area contributed by atoms with Gasteiger partial charge in [0.2, 0.25) is 0 Å². The summed E-state index contributed by atoms with van der Waals surface area (Å²) >= 11 is 0. The van der Waals surface area contributed by atoms with E-state index in [-0.39, 0.29) is 17.7 Å². The molecule has 1 aromatic heterocycles. The number of benzene rings is 1. The molecule has 1 fully saturated rings. The summed E-state index contributed by atoms with van der Waals surface area (Å²) in [4.78, 5) is 29.7. The zero-order valence-electron chi connectivity index (χ0n) is 13.9. The number of aromatic nitrogens is 1. The summed E-state index contributed by atoms with van der Waals surface area (Å²) in [6.45, 7) is 3.48. The molecule has 1 aromatic carbocycles. The van der Waals surface area contributed by atoms with Crippen molar-refractivity contribution in [1.82, 2.24) is 9.88 Å². The molecule has 1 saturated heterocycles. The van der Waals surface area contributed by atoms with E-state index in [1.54, 1.807) is 42.7 Å². The third kappa shape index (κ3) is 3.41. The van der Waals surface area contributed by atoms with Crippen molar-refractivity contribution in [2.75, 3.05) is 13.1 Å². The Morgan fingerprint density at radius 1 is 1.17 bits per heavy atom. The summed E-state index contributed by atoms with van der Waals surface area (Å²) in [5.41, 5.74) is 7.80. The average Bonchev–Trinajstić information content (AvgIpc) is 3.15. The highest BCUT2D eigenvalue weighted by molar-refractivity contribution is 6.09. The van der Waals surface area contributed by atoms with Crippen molar-refractivity contribution in [3.63, 3.8) is 0 Å². The second-order valence-electron chi connectivity index (χ2n) is 6.52. The van der Waals surface area contributed by atoms with Gasteiger partial charge < -0.3 is 15.6 Å². The lowest BCUT2D eigenvalue weighted by molar-refractivity contribution is 0.0660. The Balaban J connectivity index is 1.71. The lowest BCUT2D eigenvalue weighted by atomic mass is 9.92. The molecule has 2 unspecified atom stereocenters. The Labute approximate surface area is 141 Å². The Morgan fingerprint density at radius 2 is 1.88 bits per heavy atom. The van der Waals surface area contributed by atoms with Crippen LogP contribution in [0, 0.1) is 5.92 Å². The van der Waals surface area contributed by atoms with Gasteiger partial charge in [-0.25, -0.2) is 0 Å². The summed E-state index contributed by atoms with van der Waals surface area (Å²) in [6.07, 6.45) is 5.45. The number of likely N-dealkylation sites (tertiary alicyclic amines) is 1. The quantitative estimate of drug-likeness (QED) is 0.848. The number of amides is 1. The fraction of sp³-hybridized carbons (Fsp3) is 0.368. The maximum absolute atomic E-state index is 12.7. The van der Waals surface area contributed by atoms with Crippen LogP contribution in [0.1, 0.15) is 46.0 Å². The van der Waals surface area contributed by atoms with Gasteiger partial charge >= 0.3 is 0 Å². The summed E-state index contributed by atoms with van der Waals surface area (Å²) < 4.78 is 0.